The van der Waals surface area contributed by atoms with E-state index in [1.807, 2.05) is 28.8 Å². The van der Waals surface area contributed by atoms with Crippen LogP contribution in [0.5, 0.6) is 0 Å². The number of anilines is 1. The third kappa shape index (κ3) is 4.95. The first-order valence-electron chi connectivity index (χ1n) is 9.00. The molecule has 27 heavy (non-hydrogen) atoms. The summed E-state index contributed by atoms with van der Waals surface area (Å²) in [6.07, 6.45) is 5.29. The Bertz CT molecular complexity index is 821. The van der Waals surface area contributed by atoms with Crippen LogP contribution >= 0.6 is 15.9 Å². The van der Waals surface area contributed by atoms with E-state index in [0.717, 1.165) is 28.6 Å². The summed E-state index contributed by atoms with van der Waals surface area (Å²) in [4.78, 5) is 20.0. The third-order valence-electron chi connectivity index (χ3n) is 4.74. The largest absolute Gasteiger partial charge is 0.481 e. The van der Waals surface area contributed by atoms with E-state index >= 15 is 0 Å². The Labute approximate surface area is 166 Å². The number of aromatic nitrogens is 2. The van der Waals surface area contributed by atoms with Gasteiger partial charge in [-0.1, -0.05) is 40.5 Å². The second-order valence-electron chi connectivity index (χ2n) is 6.65. The molecule has 0 aliphatic carbocycles. The topological polar surface area (TPSA) is 99.7 Å². The number of aliphatic hydroxyl groups excluding tert-OH is 1. The molecule has 7 nitrogen and oxygen atoms in total. The van der Waals surface area contributed by atoms with Crippen LogP contribution in [-0.4, -0.2) is 38.6 Å². The molecule has 0 radical (unpaired) electrons. The molecular weight excluding hydrogens is 412 g/mol. The van der Waals surface area contributed by atoms with Crippen molar-refractivity contribution in [2.24, 2.45) is 10.9 Å². The highest BCUT2D eigenvalue weighted by Crippen LogP contribution is 2.25. The molecule has 144 valence electrons. The van der Waals surface area contributed by atoms with Gasteiger partial charge in [0.1, 0.15) is 6.10 Å². The number of unbranched alkanes of at least 4 members (excludes halogenated alkanes) is 1. The lowest BCUT2D eigenvalue weighted by Crippen LogP contribution is -2.17. The van der Waals surface area contributed by atoms with E-state index in [-0.39, 0.29) is 0 Å². The van der Waals surface area contributed by atoms with E-state index in [2.05, 4.69) is 31.2 Å². The number of halogens is 1. The van der Waals surface area contributed by atoms with Crippen LogP contribution in [-0.2, 0) is 17.8 Å². The van der Waals surface area contributed by atoms with Gasteiger partial charge in [0.25, 0.3) is 0 Å². The Morgan fingerprint density at radius 3 is 2.96 bits per heavy atom. The fourth-order valence-electron chi connectivity index (χ4n) is 3.29. The van der Waals surface area contributed by atoms with E-state index in [1.165, 1.54) is 0 Å². The molecule has 2 atom stereocenters. The number of carbonyl (C=O) groups is 1. The van der Waals surface area contributed by atoms with Gasteiger partial charge in [0.15, 0.2) is 5.82 Å². The van der Waals surface area contributed by atoms with E-state index in [0.29, 0.717) is 31.7 Å². The molecule has 0 saturated heterocycles. The minimum absolute atomic E-state index is 0.304. The molecule has 2 unspecified atom stereocenters. The van der Waals surface area contributed by atoms with Gasteiger partial charge in [0.2, 0.25) is 0 Å². The molecule has 1 aromatic carbocycles. The lowest BCUT2D eigenvalue weighted by Gasteiger charge is -2.15. The van der Waals surface area contributed by atoms with Crippen molar-refractivity contribution in [3.05, 3.63) is 46.3 Å². The molecule has 3 N–H and O–H groups in total. The zero-order valence-corrected chi connectivity index (χ0v) is 16.5. The van der Waals surface area contributed by atoms with Crippen molar-refractivity contribution in [2.45, 2.75) is 38.3 Å². The van der Waals surface area contributed by atoms with Crippen molar-refractivity contribution in [2.75, 3.05) is 11.9 Å². The van der Waals surface area contributed by atoms with Gasteiger partial charge in [-0.05, 0) is 30.9 Å². The number of aliphatic hydroxyl groups is 1. The number of nitrogens with zero attached hydrogens (tertiary/aromatic N) is 3. The summed E-state index contributed by atoms with van der Waals surface area (Å²) in [6, 6.07) is 7.73. The van der Waals surface area contributed by atoms with Crippen LogP contribution in [0.25, 0.3) is 0 Å². The molecule has 2 heterocycles. The molecule has 3 rings (SSSR count). The number of benzene rings is 1. The van der Waals surface area contributed by atoms with Gasteiger partial charge >= 0.3 is 5.97 Å². The van der Waals surface area contributed by atoms with Crippen molar-refractivity contribution in [3.63, 3.8) is 0 Å². The monoisotopic (exact) mass is 434 g/mol. The number of imidazole rings is 1. The Morgan fingerprint density at radius 1 is 1.37 bits per heavy atom. The van der Waals surface area contributed by atoms with E-state index < -0.39 is 18.0 Å². The van der Waals surface area contributed by atoms with Crippen LogP contribution in [0.3, 0.4) is 0 Å². The summed E-state index contributed by atoms with van der Waals surface area (Å²) in [5.74, 6) is -0.552. The van der Waals surface area contributed by atoms with Crippen LogP contribution in [0.2, 0.25) is 0 Å². The summed E-state index contributed by atoms with van der Waals surface area (Å²) in [6.45, 7) is 0.987. The molecule has 0 saturated carbocycles. The summed E-state index contributed by atoms with van der Waals surface area (Å²) < 4.78 is 2.87. The number of aliphatic carboxylic acids is 1. The molecule has 0 fully saturated rings. The lowest BCUT2D eigenvalue weighted by atomic mass is 9.94. The van der Waals surface area contributed by atoms with E-state index in [9.17, 15) is 15.0 Å². The normalized spacial score (nSPS) is 17.0. The maximum Gasteiger partial charge on any atom is 0.306 e. The smallest absolute Gasteiger partial charge is 0.306 e. The first-order chi connectivity index (χ1) is 13.1. The second-order valence-corrected chi connectivity index (χ2v) is 7.51. The van der Waals surface area contributed by atoms with Gasteiger partial charge in [0, 0.05) is 11.0 Å². The van der Waals surface area contributed by atoms with Gasteiger partial charge in [0.05, 0.1) is 30.8 Å². The number of hydrogen-bond acceptors (Lipinski definition) is 5. The number of carboxylic acids is 1. The number of hydrogen-bond donors (Lipinski definition) is 3. The quantitative estimate of drug-likeness (QED) is 0.553. The highest BCUT2D eigenvalue weighted by Gasteiger charge is 2.21. The molecular formula is C19H23BrN4O3. The van der Waals surface area contributed by atoms with Crippen molar-refractivity contribution in [1.82, 2.24) is 9.55 Å². The molecule has 1 aliphatic rings. The van der Waals surface area contributed by atoms with Crippen LogP contribution in [0, 0.1) is 5.92 Å². The maximum absolute atomic E-state index is 11.6. The summed E-state index contributed by atoms with van der Waals surface area (Å²) in [7, 11) is 0. The van der Waals surface area contributed by atoms with Gasteiger partial charge < -0.3 is 20.1 Å². The first kappa shape index (κ1) is 19.6. The maximum atomic E-state index is 11.6. The standard InChI is InChI=1S/C19H23BrN4O3/c20-15-7-2-1-5-13(15)9-14(19(26)27)6-3-4-8-24-12-23-18-17(24)16(25)10-21-11-22-18/h1-2,5,7,11-12,14,16,25H,3-4,6,8-10H2,(H,21,22)(H,26,27). The van der Waals surface area contributed by atoms with Gasteiger partial charge in [-0.2, -0.15) is 0 Å². The molecule has 1 aliphatic heterocycles. The summed E-state index contributed by atoms with van der Waals surface area (Å²) >= 11 is 3.49. The van der Waals surface area contributed by atoms with Crippen LogP contribution < -0.4 is 5.32 Å². The van der Waals surface area contributed by atoms with Gasteiger partial charge in [-0.3, -0.25) is 9.79 Å². The molecule has 0 bridgehead atoms. The Hall–Kier alpha value is -2.19. The lowest BCUT2D eigenvalue weighted by molar-refractivity contribution is -0.142. The molecule has 0 amide bonds. The Balaban J connectivity index is 1.54. The Morgan fingerprint density at radius 2 is 2.19 bits per heavy atom. The number of nitrogens with one attached hydrogen (secondary N) is 1. The number of rotatable bonds is 8. The highest BCUT2D eigenvalue weighted by atomic mass is 79.9. The average molecular weight is 435 g/mol. The van der Waals surface area contributed by atoms with E-state index in [1.54, 1.807) is 12.7 Å². The SMILES string of the molecule is O=C(O)C(CCCCn1cnc2c1C(O)CN=CN2)Cc1ccccc1Br. The zero-order valence-electron chi connectivity index (χ0n) is 14.9. The van der Waals surface area contributed by atoms with Crippen molar-refractivity contribution in [3.8, 4) is 0 Å². The minimum atomic E-state index is -0.765. The number of fused-ring (bicyclic) bond motifs is 1. The molecule has 8 heteroatoms. The predicted molar refractivity (Wildman–Crippen MR) is 107 cm³/mol. The third-order valence-corrected chi connectivity index (χ3v) is 5.51. The fourth-order valence-corrected chi connectivity index (χ4v) is 3.74. The summed E-state index contributed by atoms with van der Waals surface area (Å²) in [5, 5.41) is 22.7. The fraction of sp³-hybridized carbons (Fsp3) is 0.421. The van der Waals surface area contributed by atoms with Crippen molar-refractivity contribution in [1.29, 1.82) is 0 Å². The second kappa shape index (κ2) is 9.14. The van der Waals surface area contributed by atoms with Crippen LogP contribution in [0.1, 0.15) is 36.6 Å². The zero-order chi connectivity index (χ0) is 19.2. The van der Waals surface area contributed by atoms with Crippen LogP contribution in [0.15, 0.2) is 40.1 Å². The molecule has 2 aromatic rings. The first-order valence-corrected chi connectivity index (χ1v) is 9.79. The highest BCUT2D eigenvalue weighted by molar-refractivity contribution is 9.10. The van der Waals surface area contributed by atoms with Gasteiger partial charge in [-0.25, -0.2) is 4.98 Å². The Kier molecular flexibility index (Phi) is 6.63. The number of aryl methyl sites for hydroxylation is 1. The molecule has 1 aromatic heterocycles. The van der Waals surface area contributed by atoms with Crippen LogP contribution in [0.4, 0.5) is 5.82 Å². The number of aliphatic imine (C=N–C) groups is 1. The number of carboxylic acid groups (broad SMARTS) is 1. The van der Waals surface area contributed by atoms with Gasteiger partial charge in [-0.15, -0.1) is 0 Å². The van der Waals surface area contributed by atoms with Crippen molar-refractivity contribution < 1.29 is 15.0 Å². The molecule has 0 spiro atoms. The minimum Gasteiger partial charge on any atom is -0.481 e. The summed E-state index contributed by atoms with van der Waals surface area (Å²) in [5.41, 5.74) is 1.74. The predicted octanol–water partition coefficient (Wildman–Crippen LogP) is 3.25. The van der Waals surface area contributed by atoms with Crippen molar-refractivity contribution >= 4 is 34.1 Å². The van der Waals surface area contributed by atoms with E-state index in [4.69, 9.17) is 0 Å². The average Bonchev–Trinajstić information content (AvgIpc) is 2.96.